The molecule has 1 atom stereocenters. The number of nitrogens with zero attached hydrogens (tertiary/aromatic N) is 2. The van der Waals surface area contributed by atoms with Gasteiger partial charge in [0.05, 0.1) is 13.1 Å². The zero-order chi connectivity index (χ0) is 18.3. The van der Waals surface area contributed by atoms with E-state index in [1.807, 2.05) is 6.92 Å². The number of likely N-dealkylation sites (tertiary alicyclic amines) is 1. The minimum atomic E-state index is -4.11. The number of nitrogens with one attached hydrogen (secondary N) is 2. The number of halogens is 4. The molecule has 1 aliphatic heterocycles. The number of alkyl halides is 3. The van der Waals surface area contributed by atoms with Crippen LogP contribution in [0.5, 0.6) is 0 Å². The van der Waals surface area contributed by atoms with Crippen molar-refractivity contribution in [1.29, 1.82) is 0 Å². The summed E-state index contributed by atoms with van der Waals surface area (Å²) in [4.78, 5) is 8.62. The van der Waals surface area contributed by atoms with Crippen molar-refractivity contribution in [3.63, 3.8) is 0 Å². The van der Waals surface area contributed by atoms with Crippen LogP contribution in [0.1, 0.15) is 30.0 Å². The zero-order valence-corrected chi connectivity index (χ0v) is 18.4. The summed E-state index contributed by atoms with van der Waals surface area (Å²) in [7, 11) is 0. The lowest BCUT2D eigenvalue weighted by Gasteiger charge is -2.18. The first-order valence-electron chi connectivity index (χ1n) is 8.78. The molecular formula is C17H28F3IN4S. The van der Waals surface area contributed by atoms with E-state index < -0.39 is 12.7 Å². The van der Waals surface area contributed by atoms with Gasteiger partial charge in [0, 0.05) is 29.4 Å². The first kappa shape index (κ1) is 23.5. The van der Waals surface area contributed by atoms with Gasteiger partial charge in [-0.2, -0.15) is 13.2 Å². The molecule has 2 heterocycles. The number of hydrogen-bond acceptors (Lipinski definition) is 3. The highest BCUT2D eigenvalue weighted by atomic mass is 127. The van der Waals surface area contributed by atoms with Crippen molar-refractivity contribution in [2.45, 2.75) is 39.4 Å². The van der Waals surface area contributed by atoms with E-state index in [-0.39, 0.29) is 29.9 Å². The molecule has 0 saturated carbocycles. The standard InChI is InChI=1S/C17H27F3N4S.HI/c1-3-14-5-6-15(25-14)10-23-16(21-4-2)22-9-13-7-8-24(11-13)12-17(18,19)20;/h5-6,13H,3-4,7-12H2,1-2H3,(H2,21,22,23);1H. The Hall–Kier alpha value is -0.550. The van der Waals surface area contributed by atoms with Crippen LogP contribution in [0.15, 0.2) is 17.1 Å². The van der Waals surface area contributed by atoms with E-state index >= 15 is 0 Å². The predicted octanol–water partition coefficient (Wildman–Crippen LogP) is 3.87. The van der Waals surface area contributed by atoms with E-state index in [2.05, 4.69) is 34.7 Å². The fourth-order valence-corrected chi connectivity index (χ4v) is 3.80. The van der Waals surface area contributed by atoms with Crippen LogP contribution in [-0.2, 0) is 13.0 Å². The van der Waals surface area contributed by atoms with Crippen molar-refractivity contribution in [1.82, 2.24) is 15.5 Å². The molecule has 150 valence electrons. The van der Waals surface area contributed by atoms with Crippen molar-refractivity contribution in [2.75, 3.05) is 32.7 Å². The van der Waals surface area contributed by atoms with Crippen LogP contribution < -0.4 is 10.6 Å². The monoisotopic (exact) mass is 504 g/mol. The highest BCUT2D eigenvalue weighted by Gasteiger charge is 2.34. The topological polar surface area (TPSA) is 39.7 Å². The third kappa shape index (κ3) is 8.43. The predicted molar refractivity (Wildman–Crippen MR) is 113 cm³/mol. The van der Waals surface area contributed by atoms with Gasteiger partial charge in [-0.15, -0.1) is 35.3 Å². The summed E-state index contributed by atoms with van der Waals surface area (Å²) in [5.74, 6) is 0.947. The average molecular weight is 504 g/mol. The van der Waals surface area contributed by atoms with E-state index in [9.17, 15) is 13.2 Å². The van der Waals surface area contributed by atoms with Crippen molar-refractivity contribution >= 4 is 41.3 Å². The Kier molecular flexibility index (Phi) is 10.2. The Morgan fingerprint density at radius 3 is 2.62 bits per heavy atom. The lowest BCUT2D eigenvalue weighted by Crippen LogP contribution is -2.40. The van der Waals surface area contributed by atoms with Crippen LogP contribution >= 0.6 is 35.3 Å². The summed E-state index contributed by atoms with van der Waals surface area (Å²) < 4.78 is 37.4. The van der Waals surface area contributed by atoms with Gasteiger partial charge in [0.25, 0.3) is 0 Å². The summed E-state index contributed by atoms with van der Waals surface area (Å²) in [6.45, 7) is 6.32. The van der Waals surface area contributed by atoms with Gasteiger partial charge in [0.2, 0.25) is 0 Å². The van der Waals surface area contributed by atoms with Crippen LogP contribution in [0, 0.1) is 5.92 Å². The number of thiophene rings is 1. The summed E-state index contributed by atoms with van der Waals surface area (Å²) in [5, 5.41) is 6.47. The van der Waals surface area contributed by atoms with Gasteiger partial charge in [-0.1, -0.05) is 6.92 Å². The molecule has 0 amide bonds. The highest BCUT2D eigenvalue weighted by Crippen LogP contribution is 2.22. The second-order valence-corrected chi connectivity index (χ2v) is 7.56. The summed E-state index contributed by atoms with van der Waals surface area (Å²) >= 11 is 1.77. The largest absolute Gasteiger partial charge is 0.401 e. The Bertz CT molecular complexity index is 562. The molecule has 0 aliphatic carbocycles. The third-order valence-corrected chi connectivity index (χ3v) is 5.35. The summed E-state index contributed by atoms with van der Waals surface area (Å²) in [6.07, 6.45) is -2.30. The first-order valence-corrected chi connectivity index (χ1v) is 9.60. The molecule has 1 aliphatic rings. The van der Waals surface area contributed by atoms with Gasteiger partial charge in [0.15, 0.2) is 5.96 Å². The highest BCUT2D eigenvalue weighted by molar-refractivity contribution is 14.0. The van der Waals surface area contributed by atoms with E-state index in [0.29, 0.717) is 26.2 Å². The van der Waals surface area contributed by atoms with Crippen LogP contribution in [-0.4, -0.2) is 49.8 Å². The molecular weight excluding hydrogens is 476 g/mol. The molecule has 26 heavy (non-hydrogen) atoms. The minimum Gasteiger partial charge on any atom is -0.357 e. The number of hydrogen-bond donors (Lipinski definition) is 2. The van der Waals surface area contributed by atoms with Crippen molar-refractivity contribution < 1.29 is 13.2 Å². The molecule has 1 aromatic heterocycles. The van der Waals surface area contributed by atoms with Crippen LogP contribution in [0.25, 0.3) is 0 Å². The molecule has 1 saturated heterocycles. The van der Waals surface area contributed by atoms with E-state index in [1.165, 1.54) is 14.7 Å². The number of aliphatic imine (C=N–C) groups is 1. The lowest BCUT2D eigenvalue weighted by molar-refractivity contribution is -0.143. The molecule has 4 nitrogen and oxygen atoms in total. The van der Waals surface area contributed by atoms with Crippen molar-refractivity contribution in [3.8, 4) is 0 Å². The van der Waals surface area contributed by atoms with Gasteiger partial charge in [-0.25, -0.2) is 4.99 Å². The van der Waals surface area contributed by atoms with Gasteiger partial charge >= 0.3 is 6.18 Å². The first-order chi connectivity index (χ1) is 11.9. The molecule has 0 bridgehead atoms. The Morgan fingerprint density at radius 2 is 2.00 bits per heavy atom. The van der Waals surface area contributed by atoms with Gasteiger partial charge in [0.1, 0.15) is 0 Å². The molecule has 1 aromatic rings. The molecule has 0 radical (unpaired) electrons. The fourth-order valence-electron chi connectivity index (χ4n) is 2.91. The minimum absolute atomic E-state index is 0. The van der Waals surface area contributed by atoms with Crippen LogP contribution in [0.4, 0.5) is 13.2 Å². The normalized spacial score (nSPS) is 18.7. The Morgan fingerprint density at radius 1 is 1.27 bits per heavy atom. The maximum absolute atomic E-state index is 12.5. The fraction of sp³-hybridized carbons (Fsp3) is 0.706. The van der Waals surface area contributed by atoms with Crippen molar-refractivity contribution in [3.05, 3.63) is 21.9 Å². The molecule has 1 unspecified atom stereocenters. The summed E-state index contributed by atoms with van der Waals surface area (Å²) in [5.41, 5.74) is 0. The number of rotatable bonds is 7. The second-order valence-electron chi connectivity index (χ2n) is 6.30. The van der Waals surface area contributed by atoms with Gasteiger partial charge in [-0.05, 0) is 44.4 Å². The Balaban J connectivity index is 0.00000338. The lowest BCUT2D eigenvalue weighted by atomic mass is 10.1. The average Bonchev–Trinajstić information content (AvgIpc) is 3.17. The second kappa shape index (κ2) is 11.3. The molecule has 9 heteroatoms. The van der Waals surface area contributed by atoms with E-state index in [4.69, 9.17) is 0 Å². The maximum Gasteiger partial charge on any atom is 0.401 e. The van der Waals surface area contributed by atoms with Crippen molar-refractivity contribution in [2.24, 2.45) is 10.9 Å². The SMILES string of the molecule is CCNC(=NCc1ccc(CC)s1)NCC1CCN(CC(F)(F)F)C1.I. The van der Waals surface area contributed by atoms with E-state index in [1.54, 1.807) is 11.3 Å². The Labute approximate surface area is 174 Å². The molecule has 1 fully saturated rings. The zero-order valence-electron chi connectivity index (χ0n) is 15.2. The number of aryl methyl sites for hydroxylation is 1. The molecule has 2 rings (SSSR count). The molecule has 0 aromatic carbocycles. The van der Waals surface area contributed by atoms with E-state index in [0.717, 1.165) is 25.3 Å². The van der Waals surface area contributed by atoms with Crippen LogP contribution in [0.3, 0.4) is 0 Å². The van der Waals surface area contributed by atoms with Gasteiger partial charge < -0.3 is 10.6 Å². The van der Waals surface area contributed by atoms with Crippen LogP contribution in [0.2, 0.25) is 0 Å². The quantitative estimate of drug-likeness (QED) is 0.337. The maximum atomic E-state index is 12.5. The molecule has 0 spiro atoms. The molecule has 2 N–H and O–H groups in total. The smallest absolute Gasteiger partial charge is 0.357 e. The van der Waals surface area contributed by atoms with Gasteiger partial charge in [-0.3, -0.25) is 4.90 Å². The number of guanidine groups is 1. The third-order valence-electron chi connectivity index (χ3n) is 4.13. The summed E-state index contributed by atoms with van der Waals surface area (Å²) in [6, 6.07) is 4.23.